The highest BCUT2D eigenvalue weighted by atomic mass is 16.5. The number of amides is 1. The van der Waals surface area contributed by atoms with Crippen molar-refractivity contribution in [2.24, 2.45) is 5.73 Å². The third kappa shape index (κ3) is 3.39. The predicted molar refractivity (Wildman–Crippen MR) is 76.8 cm³/mol. The lowest BCUT2D eigenvalue weighted by molar-refractivity contribution is 0.0999. The fraction of sp³-hybridized carbons (Fsp3) is 0.267. The first-order valence-corrected chi connectivity index (χ1v) is 6.48. The molecule has 0 saturated carbocycles. The van der Waals surface area contributed by atoms with Gasteiger partial charge in [-0.2, -0.15) is 10.4 Å². The summed E-state index contributed by atoms with van der Waals surface area (Å²) in [7, 11) is 1.61. The Morgan fingerprint density at radius 1 is 1.48 bits per heavy atom. The number of methoxy groups -OCH3 is 1. The SMILES string of the molecule is COc1ccc(CC(CC#N)c2[nH]ncc2C(N)=O)cc1. The van der Waals surface area contributed by atoms with Crippen molar-refractivity contribution < 1.29 is 9.53 Å². The number of H-pyrrole nitrogens is 1. The fourth-order valence-electron chi connectivity index (χ4n) is 2.24. The quantitative estimate of drug-likeness (QED) is 0.843. The Kier molecular flexibility index (Phi) is 4.57. The molecule has 6 heteroatoms. The molecule has 21 heavy (non-hydrogen) atoms. The Labute approximate surface area is 122 Å². The molecule has 1 amide bonds. The van der Waals surface area contributed by atoms with Gasteiger partial charge in [-0.3, -0.25) is 9.89 Å². The molecule has 6 nitrogen and oxygen atoms in total. The van der Waals surface area contributed by atoms with Crippen LogP contribution in [0.4, 0.5) is 0 Å². The summed E-state index contributed by atoms with van der Waals surface area (Å²) in [6.07, 6.45) is 2.28. The average Bonchev–Trinajstić information content (AvgIpc) is 2.97. The van der Waals surface area contributed by atoms with E-state index >= 15 is 0 Å². The summed E-state index contributed by atoms with van der Waals surface area (Å²) in [5.74, 6) is 0.0692. The predicted octanol–water partition coefficient (Wildman–Crippen LogP) is 1.76. The maximum atomic E-state index is 11.4. The molecule has 108 valence electrons. The molecule has 0 spiro atoms. The van der Waals surface area contributed by atoms with Crippen molar-refractivity contribution in [3.63, 3.8) is 0 Å². The molecular weight excluding hydrogens is 268 g/mol. The zero-order valence-electron chi connectivity index (χ0n) is 11.7. The standard InChI is InChI=1S/C15H16N4O2/c1-21-12-4-2-10(3-5-12)8-11(6-7-16)14-13(15(17)20)9-18-19-14/h2-5,9,11H,6,8H2,1H3,(H2,17,20)(H,18,19). The number of nitrogens with two attached hydrogens (primary N) is 1. The molecule has 2 rings (SSSR count). The molecule has 0 bridgehead atoms. The van der Waals surface area contributed by atoms with Crippen molar-refractivity contribution in [2.75, 3.05) is 7.11 Å². The van der Waals surface area contributed by atoms with E-state index in [1.165, 1.54) is 6.20 Å². The fourth-order valence-corrected chi connectivity index (χ4v) is 2.24. The Hall–Kier alpha value is -2.81. The molecule has 0 saturated heterocycles. The molecule has 0 fully saturated rings. The lowest BCUT2D eigenvalue weighted by atomic mass is 9.91. The summed E-state index contributed by atoms with van der Waals surface area (Å²) >= 11 is 0. The van der Waals surface area contributed by atoms with Gasteiger partial charge in [-0.05, 0) is 24.1 Å². The van der Waals surface area contributed by atoms with E-state index in [-0.39, 0.29) is 12.3 Å². The van der Waals surface area contributed by atoms with E-state index in [1.54, 1.807) is 7.11 Å². The number of nitrogens with one attached hydrogen (secondary N) is 1. The molecule has 1 aromatic carbocycles. The minimum Gasteiger partial charge on any atom is -0.497 e. The molecule has 1 aromatic heterocycles. The first-order valence-electron chi connectivity index (χ1n) is 6.48. The van der Waals surface area contributed by atoms with Gasteiger partial charge >= 0.3 is 0 Å². The summed E-state index contributed by atoms with van der Waals surface area (Å²) in [6.45, 7) is 0. The number of nitriles is 1. The number of nitrogens with zero attached hydrogens (tertiary/aromatic N) is 2. The Morgan fingerprint density at radius 2 is 2.19 bits per heavy atom. The van der Waals surface area contributed by atoms with Crippen LogP contribution in [0.5, 0.6) is 5.75 Å². The molecule has 2 aromatic rings. The van der Waals surface area contributed by atoms with Crippen molar-refractivity contribution >= 4 is 5.91 Å². The lowest BCUT2D eigenvalue weighted by Crippen LogP contribution is -2.15. The number of aromatic nitrogens is 2. The summed E-state index contributed by atoms with van der Waals surface area (Å²) < 4.78 is 5.11. The third-order valence-corrected chi connectivity index (χ3v) is 3.32. The maximum absolute atomic E-state index is 11.4. The summed E-state index contributed by atoms with van der Waals surface area (Å²) in [4.78, 5) is 11.4. The molecule has 0 aliphatic carbocycles. The molecule has 0 radical (unpaired) electrons. The van der Waals surface area contributed by atoms with E-state index in [0.717, 1.165) is 11.3 Å². The normalized spacial score (nSPS) is 11.6. The largest absolute Gasteiger partial charge is 0.497 e. The van der Waals surface area contributed by atoms with Crippen molar-refractivity contribution in [3.8, 4) is 11.8 Å². The number of carbonyl (C=O) groups excluding carboxylic acids is 1. The minimum atomic E-state index is -0.545. The lowest BCUT2D eigenvalue weighted by Gasteiger charge is -2.13. The van der Waals surface area contributed by atoms with Crippen LogP contribution >= 0.6 is 0 Å². The van der Waals surface area contributed by atoms with Crippen molar-refractivity contribution in [1.29, 1.82) is 5.26 Å². The highest BCUT2D eigenvalue weighted by Gasteiger charge is 2.20. The Bertz CT molecular complexity index is 655. The van der Waals surface area contributed by atoms with Gasteiger partial charge in [-0.25, -0.2) is 0 Å². The molecule has 0 aliphatic heterocycles. The second kappa shape index (κ2) is 6.57. The van der Waals surface area contributed by atoms with Gasteiger partial charge in [0, 0.05) is 12.3 Å². The molecule has 0 aliphatic rings. The molecule has 1 unspecified atom stereocenters. The first-order chi connectivity index (χ1) is 10.2. The third-order valence-electron chi connectivity index (χ3n) is 3.32. The van der Waals surface area contributed by atoms with Crippen molar-refractivity contribution in [2.45, 2.75) is 18.8 Å². The van der Waals surface area contributed by atoms with Gasteiger partial charge in [0.05, 0.1) is 30.6 Å². The van der Waals surface area contributed by atoms with Gasteiger partial charge in [0.1, 0.15) is 5.75 Å². The van der Waals surface area contributed by atoms with E-state index in [4.69, 9.17) is 15.7 Å². The van der Waals surface area contributed by atoms with Crippen molar-refractivity contribution in [1.82, 2.24) is 10.2 Å². The number of hydrogen-bond acceptors (Lipinski definition) is 4. The van der Waals surface area contributed by atoms with Crippen molar-refractivity contribution in [3.05, 3.63) is 47.3 Å². The van der Waals surface area contributed by atoms with E-state index in [1.807, 2.05) is 24.3 Å². The Morgan fingerprint density at radius 3 is 2.76 bits per heavy atom. The van der Waals surface area contributed by atoms with Crippen LogP contribution in [0.2, 0.25) is 0 Å². The number of hydrogen-bond donors (Lipinski definition) is 2. The minimum absolute atomic E-state index is 0.159. The van der Waals surface area contributed by atoms with Crippen LogP contribution in [0.25, 0.3) is 0 Å². The first kappa shape index (κ1) is 14.6. The van der Waals surface area contributed by atoms with E-state index in [9.17, 15) is 4.79 Å². The summed E-state index contributed by atoms with van der Waals surface area (Å²) in [5, 5.41) is 15.7. The molecular formula is C15H16N4O2. The summed E-state index contributed by atoms with van der Waals surface area (Å²) in [6, 6.07) is 9.73. The van der Waals surface area contributed by atoms with Crippen LogP contribution in [0.1, 0.15) is 34.0 Å². The van der Waals surface area contributed by atoms with Crippen LogP contribution in [0.15, 0.2) is 30.5 Å². The van der Waals surface area contributed by atoms with Gasteiger partial charge in [0.25, 0.3) is 5.91 Å². The monoisotopic (exact) mass is 284 g/mol. The molecule has 1 heterocycles. The van der Waals surface area contributed by atoms with Crippen LogP contribution in [-0.2, 0) is 6.42 Å². The van der Waals surface area contributed by atoms with Crippen LogP contribution in [-0.4, -0.2) is 23.2 Å². The van der Waals surface area contributed by atoms with Gasteiger partial charge in [0.2, 0.25) is 0 Å². The summed E-state index contributed by atoms with van der Waals surface area (Å²) in [5.41, 5.74) is 7.32. The number of ether oxygens (including phenoxy) is 1. The second-order valence-corrected chi connectivity index (χ2v) is 4.67. The number of rotatable bonds is 6. The van der Waals surface area contributed by atoms with Crippen LogP contribution in [0, 0.1) is 11.3 Å². The average molecular weight is 284 g/mol. The smallest absolute Gasteiger partial charge is 0.252 e. The number of carbonyl (C=O) groups is 1. The van der Waals surface area contributed by atoms with Gasteiger partial charge < -0.3 is 10.5 Å². The highest BCUT2D eigenvalue weighted by Crippen LogP contribution is 2.26. The van der Waals surface area contributed by atoms with Crippen LogP contribution in [0.3, 0.4) is 0 Å². The zero-order chi connectivity index (χ0) is 15.2. The van der Waals surface area contributed by atoms with Gasteiger partial charge in [0.15, 0.2) is 0 Å². The number of aromatic amines is 1. The number of primary amides is 1. The number of benzene rings is 1. The van der Waals surface area contributed by atoms with Gasteiger partial charge in [-0.15, -0.1) is 0 Å². The van der Waals surface area contributed by atoms with E-state index < -0.39 is 5.91 Å². The van der Waals surface area contributed by atoms with E-state index in [2.05, 4.69) is 16.3 Å². The zero-order valence-corrected chi connectivity index (χ0v) is 11.7. The molecule has 3 N–H and O–H groups in total. The molecule has 1 atom stereocenters. The van der Waals surface area contributed by atoms with E-state index in [0.29, 0.717) is 17.7 Å². The van der Waals surface area contributed by atoms with Crippen LogP contribution < -0.4 is 10.5 Å². The second-order valence-electron chi connectivity index (χ2n) is 4.67. The topological polar surface area (TPSA) is 105 Å². The highest BCUT2D eigenvalue weighted by molar-refractivity contribution is 5.93. The Balaban J connectivity index is 2.24. The van der Waals surface area contributed by atoms with Gasteiger partial charge in [-0.1, -0.05) is 12.1 Å². The maximum Gasteiger partial charge on any atom is 0.252 e.